The number of carbonyl (C=O) groups is 2. The van der Waals surface area contributed by atoms with E-state index in [2.05, 4.69) is 11.6 Å². The van der Waals surface area contributed by atoms with Gasteiger partial charge in [-0.1, -0.05) is 18.2 Å². The van der Waals surface area contributed by atoms with E-state index in [1.54, 1.807) is 18.3 Å². The number of hydroxylamine groups is 2. The summed E-state index contributed by atoms with van der Waals surface area (Å²) in [6, 6.07) is 13.4. The Balaban J connectivity index is 1.05. The lowest BCUT2D eigenvalue weighted by Gasteiger charge is -2.44. The Hall–Kier alpha value is -3.92. The van der Waals surface area contributed by atoms with E-state index in [1.807, 2.05) is 40.3 Å². The zero-order chi connectivity index (χ0) is 29.1. The number of piperidine rings is 2. The number of likely N-dealkylation sites (tertiary alicyclic amines) is 1. The highest BCUT2D eigenvalue weighted by atomic mass is 16.7. The molecular formula is C33H37N5O5. The summed E-state index contributed by atoms with van der Waals surface area (Å²) >= 11 is 0. The van der Waals surface area contributed by atoms with Gasteiger partial charge in [-0.15, -0.1) is 5.06 Å². The van der Waals surface area contributed by atoms with Gasteiger partial charge >= 0.3 is 12.1 Å². The SMILES string of the molecule is Cn1c(C2CC3CCC(C2)N3OC(=O)c2ccccc2)nc2c1C1(CCN(C(=O)OCC3CC3)CC1)Oc1cccnc1-2. The molecule has 1 saturated carbocycles. The van der Waals surface area contributed by atoms with Crippen LogP contribution in [-0.2, 0) is 22.2 Å². The summed E-state index contributed by atoms with van der Waals surface area (Å²) in [7, 11) is 2.10. The number of benzene rings is 1. The Morgan fingerprint density at radius 2 is 1.72 bits per heavy atom. The van der Waals surface area contributed by atoms with Crippen molar-refractivity contribution in [1.82, 2.24) is 24.5 Å². The van der Waals surface area contributed by atoms with Crippen LogP contribution in [0.5, 0.6) is 5.75 Å². The van der Waals surface area contributed by atoms with Crippen molar-refractivity contribution < 1.29 is 23.9 Å². The smallest absolute Gasteiger partial charge is 0.409 e. The number of aromatic nitrogens is 3. The first-order valence-corrected chi connectivity index (χ1v) is 15.7. The first-order valence-electron chi connectivity index (χ1n) is 15.7. The van der Waals surface area contributed by atoms with Gasteiger partial charge in [-0.05, 0) is 68.7 Å². The average molecular weight is 584 g/mol. The number of nitrogens with zero attached hydrogens (tertiary/aromatic N) is 5. The van der Waals surface area contributed by atoms with Crippen LogP contribution in [0.25, 0.3) is 11.4 Å². The van der Waals surface area contributed by atoms with Crippen LogP contribution in [-0.4, -0.2) is 68.3 Å². The fourth-order valence-electron chi connectivity index (χ4n) is 7.65. The lowest BCUT2D eigenvalue weighted by Crippen LogP contribution is -2.50. The van der Waals surface area contributed by atoms with Crippen molar-refractivity contribution in [2.24, 2.45) is 13.0 Å². The number of amides is 1. The Morgan fingerprint density at radius 3 is 2.44 bits per heavy atom. The number of ether oxygens (including phenoxy) is 2. The Labute approximate surface area is 250 Å². The standard InChI is InChI=1S/C33H37N5O5/c1-36-29-28(35-30(36)23-18-24-11-12-25(19-23)38(24)43-31(39)22-6-3-2-4-7-22)27-26(8-5-15-34-27)42-33(29)13-16-37(17-14-33)32(40)41-20-21-9-10-21/h2-8,15,21,23-25H,9-14,16-20H2,1H3. The van der Waals surface area contributed by atoms with Gasteiger partial charge in [0.1, 0.15) is 23.0 Å². The van der Waals surface area contributed by atoms with E-state index in [-0.39, 0.29) is 30.1 Å². The third-order valence-electron chi connectivity index (χ3n) is 10.1. The molecule has 5 aliphatic rings. The third kappa shape index (κ3) is 4.67. The van der Waals surface area contributed by atoms with E-state index in [0.717, 1.165) is 67.2 Å². The minimum Gasteiger partial charge on any atom is -0.478 e. The fraction of sp³-hybridized carbons (Fsp3) is 0.515. The Bertz CT molecular complexity index is 1530. The second kappa shape index (κ2) is 10.4. The van der Waals surface area contributed by atoms with E-state index in [4.69, 9.17) is 24.3 Å². The van der Waals surface area contributed by atoms with Gasteiger partial charge in [-0.3, -0.25) is 4.98 Å². The maximum atomic E-state index is 12.9. The normalized spacial score (nSPS) is 25.5. The van der Waals surface area contributed by atoms with Gasteiger partial charge in [0.05, 0.1) is 17.9 Å². The number of rotatable bonds is 5. The molecule has 1 spiro atoms. The van der Waals surface area contributed by atoms with Crippen molar-refractivity contribution >= 4 is 12.1 Å². The van der Waals surface area contributed by atoms with Crippen molar-refractivity contribution in [3.63, 3.8) is 0 Å². The molecule has 224 valence electrons. The molecular weight excluding hydrogens is 546 g/mol. The molecule has 3 aromatic rings. The summed E-state index contributed by atoms with van der Waals surface area (Å²) < 4.78 is 14.6. The molecule has 1 aromatic carbocycles. The predicted molar refractivity (Wildman–Crippen MR) is 156 cm³/mol. The molecule has 1 aliphatic carbocycles. The molecule has 1 amide bonds. The van der Waals surface area contributed by atoms with Crippen molar-refractivity contribution in [3.05, 3.63) is 65.7 Å². The van der Waals surface area contributed by atoms with Crippen molar-refractivity contribution in [1.29, 1.82) is 0 Å². The van der Waals surface area contributed by atoms with Crippen molar-refractivity contribution in [2.75, 3.05) is 19.7 Å². The van der Waals surface area contributed by atoms with E-state index in [9.17, 15) is 9.59 Å². The van der Waals surface area contributed by atoms with Crippen molar-refractivity contribution in [2.45, 2.75) is 75.0 Å². The molecule has 2 unspecified atom stereocenters. The number of imidazole rings is 1. The van der Waals surface area contributed by atoms with E-state index in [0.29, 0.717) is 44.0 Å². The lowest BCUT2D eigenvalue weighted by molar-refractivity contribution is -0.160. The maximum absolute atomic E-state index is 12.9. The van der Waals surface area contributed by atoms with Crippen molar-refractivity contribution in [3.8, 4) is 17.1 Å². The van der Waals surface area contributed by atoms with Crippen LogP contribution < -0.4 is 4.74 Å². The summed E-state index contributed by atoms with van der Waals surface area (Å²) in [6.07, 6.45) is 8.92. The monoisotopic (exact) mass is 583 g/mol. The largest absolute Gasteiger partial charge is 0.478 e. The molecule has 2 bridgehead atoms. The highest BCUT2D eigenvalue weighted by Crippen LogP contribution is 2.51. The zero-order valence-corrected chi connectivity index (χ0v) is 24.5. The van der Waals surface area contributed by atoms with Gasteiger partial charge in [0.15, 0.2) is 5.60 Å². The van der Waals surface area contributed by atoms with Crippen LogP contribution in [0, 0.1) is 5.92 Å². The second-order valence-electron chi connectivity index (χ2n) is 12.8. The number of hydrogen-bond acceptors (Lipinski definition) is 8. The first-order chi connectivity index (χ1) is 21.0. The molecule has 4 aliphatic heterocycles. The van der Waals surface area contributed by atoms with Crippen LogP contribution in [0.2, 0.25) is 0 Å². The average Bonchev–Trinajstić information content (AvgIpc) is 3.76. The van der Waals surface area contributed by atoms with E-state index in [1.165, 1.54) is 0 Å². The predicted octanol–water partition coefficient (Wildman–Crippen LogP) is 5.19. The van der Waals surface area contributed by atoms with Crippen LogP contribution in [0.1, 0.15) is 79.2 Å². The molecule has 10 heteroatoms. The molecule has 0 radical (unpaired) electrons. The highest BCUT2D eigenvalue weighted by molar-refractivity contribution is 5.89. The van der Waals surface area contributed by atoms with E-state index < -0.39 is 5.60 Å². The zero-order valence-electron chi connectivity index (χ0n) is 24.5. The molecule has 8 rings (SSSR count). The summed E-state index contributed by atoms with van der Waals surface area (Å²) in [5.74, 6) is 2.24. The quantitative estimate of drug-likeness (QED) is 0.405. The molecule has 2 atom stereocenters. The van der Waals surface area contributed by atoms with E-state index >= 15 is 0 Å². The summed E-state index contributed by atoms with van der Waals surface area (Å²) in [4.78, 5) is 43.4. The molecule has 4 fully saturated rings. The van der Waals surface area contributed by atoms with Gasteiger partial charge in [-0.25, -0.2) is 14.6 Å². The molecule has 3 saturated heterocycles. The minimum absolute atomic E-state index is 0.158. The van der Waals surface area contributed by atoms with Gasteiger partial charge < -0.3 is 23.8 Å². The lowest BCUT2D eigenvalue weighted by atomic mass is 9.84. The second-order valence-corrected chi connectivity index (χ2v) is 12.8. The van der Waals surface area contributed by atoms with Crippen LogP contribution in [0.3, 0.4) is 0 Å². The minimum atomic E-state index is -0.594. The number of carbonyl (C=O) groups excluding carboxylic acids is 2. The number of fused-ring (bicyclic) bond motifs is 6. The first kappa shape index (κ1) is 26.7. The molecule has 0 N–H and O–H groups in total. The molecule has 2 aromatic heterocycles. The molecule has 10 nitrogen and oxygen atoms in total. The summed E-state index contributed by atoms with van der Waals surface area (Å²) in [5.41, 5.74) is 2.68. The fourth-order valence-corrected chi connectivity index (χ4v) is 7.65. The number of pyridine rings is 1. The molecule has 6 heterocycles. The van der Waals surface area contributed by atoms with Crippen LogP contribution >= 0.6 is 0 Å². The van der Waals surface area contributed by atoms with Gasteiger partial charge in [0, 0.05) is 57.2 Å². The molecule has 43 heavy (non-hydrogen) atoms. The van der Waals surface area contributed by atoms with Gasteiger partial charge in [0.2, 0.25) is 0 Å². The third-order valence-corrected chi connectivity index (χ3v) is 10.1. The Kier molecular flexibility index (Phi) is 6.43. The summed E-state index contributed by atoms with van der Waals surface area (Å²) in [5, 5.41) is 1.95. The maximum Gasteiger partial charge on any atom is 0.409 e. The van der Waals surface area contributed by atoms with Gasteiger partial charge in [0.25, 0.3) is 0 Å². The topological polar surface area (TPSA) is 99.0 Å². The Morgan fingerprint density at radius 1 is 0.977 bits per heavy atom. The van der Waals surface area contributed by atoms with Gasteiger partial charge in [-0.2, -0.15) is 0 Å². The summed E-state index contributed by atoms with van der Waals surface area (Å²) in [6.45, 7) is 1.65. The van der Waals surface area contributed by atoms with Crippen LogP contribution in [0.4, 0.5) is 4.79 Å². The highest BCUT2D eigenvalue weighted by Gasteiger charge is 2.50. The number of hydrogen-bond donors (Lipinski definition) is 0. The van der Waals surface area contributed by atoms with Crippen LogP contribution in [0.15, 0.2) is 48.7 Å².